The number of aliphatic carboxylic acids is 1. The fourth-order valence-electron chi connectivity index (χ4n) is 1.91. The monoisotopic (exact) mass is 319 g/mol. The van der Waals surface area contributed by atoms with Crippen LogP contribution in [-0.2, 0) is 9.53 Å². The molecule has 0 spiro atoms. The second-order valence-corrected chi connectivity index (χ2v) is 5.41. The molecular weight excluding hydrogens is 309 g/mol. The lowest BCUT2D eigenvalue weighted by molar-refractivity contribution is -0.159. The predicted molar refractivity (Wildman–Crippen MR) is 69.9 cm³/mol. The summed E-state index contributed by atoms with van der Waals surface area (Å²) in [4.78, 5) is 24.1. The standard InChI is InChI=1S/C11H11Cl2N3O4/c1-11(20-3-8(17)18)4-16(5-11)10(19)6-2-7(12)14-15-9(6)13/h2H,3-5H2,1H3,(H,17,18). The van der Waals surface area contributed by atoms with E-state index in [0.29, 0.717) is 0 Å². The number of amides is 1. The summed E-state index contributed by atoms with van der Waals surface area (Å²) in [6.07, 6.45) is 0. The van der Waals surface area contributed by atoms with Gasteiger partial charge in [-0.1, -0.05) is 23.2 Å². The molecule has 0 aromatic carbocycles. The van der Waals surface area contributed by atoms with E-state index < -0.39 is 18.2 Å². The van der Waals surface area contributed by atoms with E-state index in [4.69, 9.17) is 33.0 Å². The van der Waals surface area contributed by atoms with Crippen molar-refractivity contribution in [1.82, 2.24) is 15.1 Å². The van der Waals surface area contributed by atoms with E-state index in [9.17, 15) is 9.59 Å². The molecule has 0 radical (unpaired) electrons. The van der Waals surface area contributed by atoms with Crippen molar-refractivity contribution in [3.05, 3.63) is 21.9 Å². The highest BCUT2D eigenvalue weighted by molar-refractivity contribution is 6.34. The summed E-state index contributed by atoms with van der Waals surface area (Å²) in [5, 5.41) is 15.7. The highest BCUT2D eigenvalue weighted by Crippen LogP contribution is 2.28. The van der Waals surface area contributed by atoms with Gasteiger partial charge >= 0.3 is 5.97 Å². The van der Waals surface area contributed by atoms with Gasteiger partial charge in [-0.3, -0.25) is 4.79 Å². The minimum atomic E-state index is -1.05. The zero-order valence-electron chi connectivity index (χ0n) is 10.5. The van der Waals surface area contributed by atoms with Gasteiger partial charge in [0.15, 0.2) is 10.3 Å². The molecule has 1 fully saturated rings. The number of likely N-dealkylation sites (tertiary alicyclic amines) is 1. The van der Waals surface area contributed by atoms with Crippen molar-refractivity contribution in [2.24, 2.45) is 0 Å². The van der Waals surface area contributed by atoms with Gasteiger partial charge in [-0.15, -0.1) is 10.2 Å². The average molecular weight is 320 g/mol. The Bertz CT molecular complexity index is 561. The van der Waals surface area contributed by atoms with E-state index in [0.717, 1.165) is 0 Å². The minimum Gasteiger partial charge on any atom is -0.480 e. The molecule has 2 heterocycles. The normalized spacial score (nSPS) is 16.6. The van der Waals surface area contributed by atoms with Crippen LogP contribution in [0.25, 0.3) is 0 Å². The maximum Gasteiger partial charge on any atom is 0.329 e. The molecule has 1 aromatic heterocycles. The Labute approximate surface area is 124 Å². The summed E-state index contributed by atoms with van der Waals surface area (Å²) in [5.41, 5.74) is -0.503. The quantitative estimate of drug-likeness (QED) is 0.893. The molecule has 1 N–H and O–H groups in total. The van der Waals surface area contributed by atoms with Crippen LogP contribution < -0.4 is 0 Å². The maximum atomic E-state index is 12.2. The van der Waals surface area contributed by atoms with Crippen molar-refractivity contribution in [2.75, 3.05) is 19.7 Å². The second-order valence-electron chi connectivity index (χ2n) is 4.67. The van der Waals surface area contributed by atoms with E-state index in [1.165, 1.54) is 11.0 Å². The van der Waals surface area contributed by atoms with Gasteiger partial charge in [0.25, 0.3) is 5.91 Å². The van der Waals surface area contributed by atoms with Crippen LogP contribution in [0.1, 0.15) is 17.3 Å². The molecule has 9 heteroatoms. The van der Waals surface area contributed by atoms with Crippen LogP contribution >= 0.6 is 23.2 Å². The Morgan fingerprint density at radius 2 is 2.10 bits per heavy atom. The van der Waals surface area contributed by atoms with Gasteiger partial charge in [-0.05, 0) is 13.0 Å². The summed E-state index contributed by atoms with van der Waals surface area (Å²) >= 11 is 11.5. The van der Waals surface area contributed by atoms with Gasteiger partial charge in [0.1, 0.15) is 12.2 Å². The predicted octanol–water partition coefficient (Wildman–Crippen LogP) is 1.10. The third-order valence-electron chi connectivity index (χ3n) is 2.83. The molecule has 0 bridgehead atoms. The van der Waals surface area contributed by atoms with Crippen LogP contribution in [0, 0.1) is 0 Å². The molecule has 1 aliphatic heterocycles. The van der Waals surface area contributed by atoms with Crippen LogP contribution in [0.4, 0.5) is 0 Å². The van der Waals surface area contributed by atoms with E-state index in [2.05, 4.69) is 10.2 Å². The Balaban J connectivity index is 2.00. The van der Waals surface area contributed by atoms with Crippen molar-refractivity contribution in [3.63, 3.8) is 0 Å². The minimum absolute atomic E-state index is 0.0283. The lowest BCUT2D eigenvalue weighted by Crippen LogP contribution is -2.63. The Morgan fingerprint density at radius 1 is 1.45 bits per heavy atom. The summed E-state index contributed by atoms with van der Waals surface area (Å²) < 4.78 is 5.22. The van der Waals surface area contributed by atoms with Crippen molar-refractivity contribution < 1.29 is 19.4 Å². The van der Waals surface area contributed by atoms with E-state index in [1.807, 2.05) is 0 Å². The average Bonchev–Trinajstić information content (AvgIpc) is 2.35. The summed E-state index contributed by atoms with van der Waals surface area (Å²) in [6, 6.07) is 1.34. The zero-order valence-corrected chi connectivity index (χ0v) is 12.0. The molecule has 0 atom stereocenters. The number of carbonyl (C=O) groups is 2. The molecule has 1 aliphatic rings. The van der Waals surface area contributed by atoms with Gasteiger partial charge in [-0.2, -0.15) is 0 Å². The van der Waals surface area contributed by atoms with Crippen molar-refractivity contribution in [1.29, 1.82) is 0 Å². The summed E-state index contributed by atoms with van der Waals surface area (Å²) in [5.74, 6) is -1.40. The van der Waals surface area contributed by atoms with Gasteiger partial charge in [-0.25, -0.2) is 4.79 Å². The number of aromatic nitrogens is 2. The molecule has 2 rings (SSSR count). The Kier molecular flexibility index (Phi) is 4.12. The first kappa shape index (κ1) is 15.0. The topological polar surface area (TPSA) is 92.6 Å². The molecule has 0 unspecified atom stereocenters. The second kappa shape index (κ2) is 5.51. The third-order valence-corrected chi connectivity index (χ3v) is 3.30. The number of halogens is 2. The lowest BCUT2D eigenvalue weighted by Gasteiger charge is -2.47. The number of rotatable bonds is 4. The fraction of sp³-hybridized carbons (Fsp3) is 0.455. The van der Waals surface area contributed by atoms with Crippen LogP contribution in [-0.4, -0.2) is 57.4 Å². The molecule has 1 amide bonds. The first-order valence-corrected chi connectivity index (χ1v) is 6.40. The largest absolute Gasteiger partial charge is 0.480 e. The summed E-state index contributed by atoms with van der Waals surface area (Å²) in [6.45, 7) is 1.88. The van der Waals surface area contributed by atoms with Gasteiger partial charge in [0.05, 0.1) is 18.7 Å². The molecule has 108 valence electrons. The number of carbonyl (C=O) groups excluding carboxylic acids is 1. The number of ether oxygens (including phenoxy) is 1. The van der Waals surface area contributed by atoms with E-state index >= 15 is 0 Å². The maximum absolute atomic E-state index is 12.2. The summed E-state index contributed by atoms with van der Waals surface area (Å²) in [7, 11) is 0. The Morgan fingerprint density at radius 3 is 2.70 bits per heavy atom. The first-order chi connectivity index (χ1) is 9.31. The SMILES string of the molecule is CC1(OCC(=O)O)CN(C(=O)c2cc(Cl)nnc2Cl)C1. The van der Waals surface area contributed by atoms with Crippen LogP contribution in [0.2, 0.25) is 10.3 Å². The van der Waals surface area contributed by atoms with Crippen LogP contribution in [0.3, 0.4) is 0 Å². The zero-order chi connectivity index (χ0) is 14.9. The fourth-order valence-corrected chi connectivity index (χ4v) is 2.23. The molecule has 1 saturated heterocycles. The number of hydrogen-bond acceptors (Lipinski definition) is 5. The van der Waals surface area contributed by atoms with Crippen LogP contribution in [0.15, 0.2) is 6.07 Å². The van der Waals surface area contributed by atoms with E-state index in [-0.39, 0.29) is 34.9 Å². The van der Waals surface area contributed by atoms with Crippen molar-refractivity contribution >= 4 is 35.1 Å². The number of hydrogen-bond donors (Lipinski definition) is 1. The van der Waals surface area contributed by atoms with E-state index in [1.54, 1.807) is 6.92 Å². The number of nitrogens with zero attached hydrogens (tertiary/aromatic N) is 3. The number of carboxylic acids is 1. The third kappa shape index (κ3) is 3.17. The van der Waals surface area contributed by atoms with Gasteiger partial charge in [0, 0.05) is 0 Å². The smallest absolute Gasteiger partial charge is 0.329 e. The molecule has 0 saturated carbocycles. The van der Waals surface area contributed by atoms with Crippen molar-refractivity contribution in [2.45, 2.75) is 12.5 Å². The molecule has 0 aliphatic carbocycles. The molecule has 1 aromatic rings. The Hall–Kier alpha value is -1.44. The van der Waals surface area contributed by atoms with Gasteiger partial charge < -0.3 is 14.7 Å². The van der Waals surface area contributed by atoms with Gasteiger partial charge in [0.2, 0.25) is 0 Å². The van der Waals surface area contributed by atoms with Crippen molar-refractivity contribution in [3.8, 4) is 0 Å². The molecular formula is C11H11Cl2N3O4. The first-order valence-electron chi connectivity index (χ1n) is 5.64. The van der Waals surface area contributed by atoms with Crippen LogP contribution in [0.5, 0.6) is 0 Å². The molecule has 7 nitrogen and oxygen atoms in total. The number of carboxylic acid groups (broad SMARTS) is 1. The molecule has 20 heavy (non-hydrogen) atoms. The highest BCUT2D eigenvalue weighted by Gasteiger charge is 2.43. The highest BCUT2D eigenvalue weighted by atomic mass is 35.5. The lowest BCUT2D eigenvalue weighted by atomic mass is 9.95.